The van der Waals surface area contributed by atoms with E-state index in [0.717, 1.165) is 16.9 Å². The van der Waals surface area contributed by atoms with E-state index in [0.29, 0.717) is 12.3 Å². The molecule has 25 heavy (non-hydrogen) atoms. The molecular weight excluding hydrogens is 316 g/mol. The minimum Gasteiger partial charge on any atom is -0.485 e. The third-order valence-electron chi connectivity index (χ3n) is 4.34. The van der Waals surface area contributed by atoms with Crippen molar-refractivity contribution in [2.75, 3.05) is 0 Å². The van der Waals surface area contributed by atoms with Gasteiger partial charge in [-0.2, -0.15) is 0 Å². The molecule has 0 unspecified atom stereocenters. The maximum Gasteiger partial charge on any atom is 0.273 e. The van der Waals surface area contributed by atoms with Gasteiger partial charge in [-0.15, -0.1) is 0 Å². The van der Waals surface area contributed by atoms with Crippen molar-refractivity contribution in [3.63, 3.8) is 0 Å². The van der Waals surface area contributed by atoms with Crippen LogP contribution in [-0.4, -0.2) is 10.9 Å². The average molecular weight is 334 g/mol. The van der Waals surface area contributed by atoms with Gasteiger partial charge in [-0.25, -0.2) is 4.98 Å². The van der Waals surface area contributed by atoms with E-state index in [9.17, 15) is 4.79 Å². The normalized spacial score (nSPS) is 18.9. The molecule has 0 saturated carbocycles. The topological polar surface area (TPSA) is 64.4 Å². The lowest BCUT2D eigenvalue weighted by Crippen LogP contribution is -2.33. The van der Waals surface area contributed by atoms with Crippen molar-refractivity contribution in [1.82, 2.24) is 10.3 Å². The van der Waals surface area contributed by atoms with Gasteiger partial charge in [-0.3, -0.25) is 4.79 Å². The van der Waals surface area contributed by atoms with Crippen LogP contribution in [0.5, 0.6) is 5.75 Å². The molecule has 126 valence electrons. The lowest BCUT2D eigenvalue weighted by atomic mass is 9.93. The van der Waals surface area contributed by atoms with Crippen molar-refractivity contribution in [2.45, 2.75) is 25.5 Å². The summed E-state index contributed by atoms with van der Waals surface area (Å²) >= 11 is 0. The first-order chi connectivity index (χ1) is 12.2. The quantitative estimate of drug-likeness (QED) is 0.787. The van der Waals surface area contributed by atoms with Crippen LogP contribution in [0.25, 0.3) is 0 Å². The number of para-hydroxylation sites is 1. The highest BCUT2D eigenvalue weighted by molar-refractivity contribution is 5.92. The van der Waals surface area contributed by atoms with E-state index in [1.54, 1.807) is 6.92 Å². The average Bonchev–Trinajstić information content (AvgIpc) is 3.09. The number of aromatic nitrogens is 1. The molecule has 4 rings (SSSR count). The molecular formula is C20H18N2O3. The lowest BCUT2D eigenvalue weighted by molar-refractivity contribution is 0.0893. The zero-order valence-electron chi connectivity index (χ0n) is 13.8. The van der Waals surface area contributed by atoms with Gasteiger partial charge in [-0.05, 0) is 11.6 Å². The maximum atomic E-state index is 12.5. The monoisotopic (exact) mass is 334 g/mol. The number of nitrogens with one attached hydrogen (secondary N) is 1. The van der Waals surface area contributed by atoms with Crippen LogP contribution in [0, 0.1) is 6.92 Å². The van der Waals surface area contributed by atoms with E-state index in [1.165, 1.54) is 6.26 Å². The van der Waals surface area contributed by atoms with Gasteiger partial charge in [0.1, 0.15) is 18.1 Å². The Balaban J connectivity index is 1.62. The number of hydrogen-bond donors (Lipinski definition) is 1. The summed E-state index contributed by atoms with van der Waals surface area (Å²) in [5.41, 5.74) is 2.36. The van der Waals surface area contributed by atoms with Gasteiger partial charge in [0.25, 0.3) is 5.91 Å². The number of ether oxygens (including phenoxy) is 1. The highest BCUT2D eigenvalue weighted by Gasteiger charge is 2.30. The van der Waals surface area contributed by atoms with E-state index in [1.807, 2.05) is 54.6 Å². The first-order valence-corrected chi connectivity index (χ1v) is 8.24. The zero-order valence-corrected chi connectivity index (χ0v) is 13.8. The van der Waals surface area contributed by atoms with E-state index >= 15 is 0 Å². The second-order valence-electron chi connectivity index (χ2n) is 6.07. The van der Waals surface area contributed by atoms with E-state index in [-0.39, 0.29) is 23.7 Å². The fourth-order valence-corrected chi connectivity index (χ4v) is 3.13. The molecule has 1 N–H and O–H groups in total. The van der Waals surface area contributed by atoms with E-state index < -0.39 is 0 Å². The Morgan fingerprint density at radius 3 is 2.64 bits per heavy atom. The van der Waals surface area contributed by atoms with Gasteiger partial charge >= 0.3 is 0 Å². The van der Waals surface area contributed by atoms with Gasteiger partial charge in [0.05, 0.1) is 6.04 Å². The number of nitrogens with zero attached hydrogens (tertiary/aromatic N) is 1. The van der Waals surface area contributed by atoms with Crippen LogP contribution in [0.4, 0.5) is 0 Å². The van der Waals surface area contributed by atoms with Crippen LogP contribution in [0.15, 0.2) is 65.3 Å². The van der Waals surface area contributed by atoms with Crippen LogP contribution in [-0.2, 0) is 0 Å². The standard InChI is InChI=1S/C20H18N2O3/c1-13-21-17(12-24-13)20(23)22-16-11-19(14-7-3-2-4-8-14)25-18-10-6-5-9-15(16)18/h2-10,12,16,19H,11H2,1H3,(H,22,23)/t16-,19+/m1/s1. The number of oxazole rings is 1. The van der Waals surface area contributed by atoms with Gasteiger partial charge in [0.15, 0.2) is 11.6 Å². The van der Waals surface area contributed by atoms with Crippen LogP contribution in [0.1, 0.15) is 46.1 Å². The molecule has 0 bridgehead atoms. The number of carbonyl (C=O) groups excluding carboxylic acids is 1. The molecule has 2 heterocycles. The van der Waals surface area contributed by atoms with Crippen LogP contribution in [0.2, 0.25) is 0 Å². The zero-order chi connectivity index (χ0) is 17.2. The van der Waals surface area contributed by atoms with Crippen LogP contribution < -0.4 is 10.1 Å². The Bertz CT molecular complexity index is 889. The molecule has 1 aliphatic heterocycles. The SMILES string of the molecule is Cc1nc(C(=O)N[C@@H]2C[C@@H](c3ccccc3)Oc3ccccc32)co1. The van der Waals surface area contributed by atoms with Gasteiger partial charge in [0, 0.05) is 18.9 Å². The second-order valence-corrected chi connectivity index (χ2v) is 6.07. The molecule has 5 heteroatoms. The molecule has 0 spiro atoms. The number of rotatable bonds is 3. The summed E-state index contributed by atoms with van der Waals surface area (Å²) in [5, 5.41) is 3.06. The summed E-state index contributed by atoms with van der Waals surface area (Å²) in [6, 6.07) is 17.7. The number of aryl methyl sites for hydroxylation is 1. The van der Waals surface area contributed by atoms with Crippen molar-refractivity contribution in [1.29, 1.82) is 0 Å². The predicted molar refractivity (Wildman–Crippen MR) is 92.3 cm³/mol. The number of fused-ring (bicyclic) bond motifs is 1. The highest BCUT2D eigenvalue weighted by Crippen LogP contribution is 2.40. The molecule has 0 radical (unpaired) electrons. The number of carbonyl (C=O) groups is 1. The molecule has 0 saturated heterocycles. The molecule has 0 fully saturated rings. The lowest BCUT2D eigenvalue weighted by Gasteiger charge is -2.32. The predicted octanol–water partition coefficient (Wildman–Crippen LogP) is 3.98. The molecule has 5 nitrogen and oxygen atoms in total. The van der Waals surface area contributed by atoms with E-state index in [4.69, 9.17) is 9.15 Å². The molecule has 1 amide bonds. The minimum atomic E-state index is -0.245. The van der Waals surface area contributed by atoms with Gasteiger partial charge in [-0.1, -0.05) is 48.5 Å². The van der Waals surface area contributed by atoms with Crippen molar-refractivity contribution in [3.05, 3.63) is 83.6 Å². The first-order valence-electron chi connectivity index (χ1n) is 8.24. The Hall–Kier alpha value is -3.08. The molecule has 0 aliphatic carbocycles. The molecule has 3 aromatic rings. The summed E-state index contributed by atoms with van der Waals surface area (Å²) in [6.07, 6.45) is 1.93. The third-order valence-corrected chi connectivity index (χ3v) is 4.34. The maximum absolute atomic E-state index is 12.5. The summed E-state index contributed by atoms with van der Waals surface area (Å²) in [4.78, 5) is 16.6. The summed E-state index contributed by atoms with van der Waals surface area (Å²) in [7, 11) is 0. The summed E-state index contributed by atoms with van der Waals surface area (Å²) in [6.45, 7) is 1.71. The van der Waals surface area contributed by atoms with Crippen molar-refractivity contribution >= 4 is 5.91 Å². The van der Waals surface area contributed by atoms with Gasteiger partial charge < -0.3 is 14.5 Å². The first kappa shape index (κ1) is 15.4. The molecule has 2 aromatic carbocycles. The largest absolute Gasteiger partial charge is 0.485 e. The van der Waals surface area contributed by atoms with Crippen molar-refractivity contribution in [3.8, 4) is 5.75 Å². The summed E-state index contributed by atoms with van der Waals surface area (Å²) in [5.74, 6) is 1.02. The van der Waals surface area contributed by atoms with Crippen molar-refractivity contribution < 1.29 is 13.9 Å². The Kier molecular flexibility index (Phi) is 3.98. The number of benzene rings is 2. The Labute approximate surface area is 145 Å². The Morgan fingerprint density at radius 1 is 1.12 bits per heavy atom. The second kappa shape index (κ2) is 6.43. The van der Waals surface area contributed by atoms with E-state index in [2.05, 4.69) is 10.3 Å². The van der Waals surface area contributed by atoms with Gasteiger partial charge in [0.2, 0.25) is 0 Å². The smallest absolute Gasteiger partial charge is 0.273 e. The number of amides is 1. The highest BCUT2D eigenvalue weighted by atomic mass is 16.5. The third kappa shape index (κ3) is 3.13. The molecule has 1 aromatic heterocycles. The van der Waals surface area contributed by atoms with Crippen LogP contribution in [0.3, 0.4) is 0 Å². The minimum absolute atomic E-state index is 0.111. The fourth-order valence-electron chi connectivity index (χ4n) is 3.13. The number of hydrogen-bond acceptors (Lipinski definition) is 4. The summed E-state index contributed by atoms with van der Waals surface area (Å²) < 4.78 is 11.3. The van der Waals surface area contributed by atoms with Crippen LogP contribution >= 0.6 is 0 Å². The Morgan fingerprint density at radius 2 is 1.88 bits per heavy atom. The molecule has 1 aliphatic rings. The molecule has 2 atom stereocenters. The fraction of sp³-hybridized carbons (Fsp3) is 0.200. The van der Waals surface area contributed by atoms with Crippen molar-refractivity contribution in [2.24, 2.45) is 0 Å².